The molecule has 0 aromatic heterocycles. The minimum Gasteiger partial charge on any atom is -0.508 e. The van der Waals surface area contributed by atoms with Crippen LogP contribution < -0.4 is 0 Å². The average molecular weight is 611 g/mol. The molecule has 6 rings (SSSR count). The molecule has 0 radical (unpaired) electrons. The molecule has 0 saturated heterocycles. The first-order valence-electron chi connectivity index (χ1n) is 16.2. The standard InChI is InChI=1S/C35H46O9/c1-19-12-20(4-7-28(19)36)21(13-30(38)39)14-32(41)44-24-8-10-33(2)23(16-24)5-6-26-27(33)17-29(37)34(3)25(9-11-35(26,34)42)22-15-31(40)43-18-22/h4,7,12,15,21,23-27,29,36-37,42H,5-6,8-11,13-14,16-18H2,1-3H3,(H,38,39)/t21?,23-,24+,25-,26-,27+,29-,33+,34+,35?/m1/s1. The van der Waals surface area contributed by atoms with Gasteiger partial charge in [-0.05, 0) is 110 Å². The van der Waals surface area contributed by atoms with E-state index >= 15 is 0 Å². The second-order valence-electron chi connectivity index (χ2n) is 14.8. The van der Waals surface area contributed by atoms with E-state index in [9.17, 15) is 34.8 Å². The molecule has 1 aromatic rings. The van der Waals surface area contributed by atoms with E-state index in [1.807, 2.05) is 6.92 Å². The first-order chi connectivity index (χ1) is 20.8. The van der Waals surface area contributed by atoms with Crippen LogP contribution in [-0.4, -0.2) is 62.7 Å². The number of hydrogen-bond acceptors (Lipinski definition) is 8. The van der Waals surface area contributed by atoms with Crippen LogP contribution in [0.2, 0.25) is 0 Å². The van der Waals surface area contributed by atoms with Gasteiger partial charge in [0.2, 0.25) is 0 Å². The van der Waals surface area contributed by atoms with Gasteiger partial charge in [0.25, 0.3) is 0 Å². The molecule has 9 nitrogen and oxygen atoms in total. The maximum Gasteiger partial charge on any atom is 0.331 e. The van der Waals surface area contributed by atoms with Crippen LogP contribution in [0.5, 0.6) is 5.75 Å². The third-order valence-electron chi connectivity index (χ3n) is 12.9. The number of aliphatic carboxylic acids is 1. The number of phenols is 1. The number of ether oxygens (including phenoxy) is 2. The van der Waals surface area contributed by atoms with Crippen LogP contribution in [0.3, 0.4) is 0 Å². The molecule has 5 aliphatic rings. The molecule has 9 heteroatoms. The molecule has 2 unspecified atom stereocenters. The van der Waals surface area contributed by atoms with Gasteiger partial charge < -0.3 is 29.9 Å². The Morgan fingerprint density at radius 1 is 1.07 bits per heavy atom. The largest absolute Gasteiger partial charge is 0.508 e. The zero-order chi connectivity index (χ0) is 31.6. The zero-order valence-corrected chi connectivity index (χ0v) is 26.0. The first kappa shape index (κ1) is 31.1. The number of fused-ring (bicyclic) bond motifs is 5. The van der Waals surface area contributed by atoms with Crippen molar-refractivity contribution in [1.82, 2.24) is 0 Å². The van der Waals surface area contributed by atoms with Gasteiger partial charge in [0, 0.05) is 17.4 Å². The number of benzene rings is 1. The highest BCUT2D eigenvalue weighted by molar-refractivity contribution is 5.85. The predicted octanol–water partition coefficient (Wildman–Crippen LogP) is 4.79. The summed E-state index contributed by atoms with van der Waals surface area (Å²) >= 11 is 0. The smallest absolute Gasteiger partial charge is 0.331 e. The minimum absolute atomic E-state index is 0.0467. The van der Waals surface area contributed by atoms with Crippen molar-refractivity contribution in [2.24, 2.45) is 34.5 Å². The number of aliphatic hydroxyl groups excluding tert-OH is 1. The fraction of sp³-hybridized carbons (Fsp3) is 0.686. The first-order valence-corrected chi connectivity index (χ1v) is 16.2. The quantitative estimate of drug-likeness (QED) is 0.320. The molecule has 44 heavy (non-hydrogen) atoms. The number of carboxylic acid groups (broad SMARTS) is 1. The summed E-state index contributed by atoms with van der Waals surface area (Å²) in [5, 5.41) is 43.6. The molecular formula is C35H46O9. The predicted molar refractivity (Wildman–Crippen MR) is 159 cm³/mol. The van der Waals surface area contributed by atoms with E-state index in [1.54, 1.807) is 25.1 Å². The molecule has 0 amide bonds. The van der Waals surface area contributed by atoms with E-state index in [0.717, 1.165) is 31.3 Å². The normalized spacial score (nSPS) is 40.2. The number of cyclic esters (lactones) is 1. The van der Waals surface area contributed by atoms with Crippen LogP contribution in [0.15, 0.2) is 29.8 Å². The number of carbonyl (C=O) groups is 3. The lowest BCUT2D eigenvalue weighted by Gasteiger charge is -2.65. The van der Waals surface area contributed by atoms with E-state index in [2.05, 4.69) is 6.92 Å². The van der Waals surface area contributed by atoms with Crippen molar-refractivity contribution in [3.05, 3.63) is 41.0 Å². The van der Waals surface area contributed by atoms with Crippen LogP contribution in [0.4, 0.5) is 0 Å². The van der Waals surface area contributed by atoms with Gasteiger partial charge in [0.1, 0.15) is 18.5 Å². The monoisotopic (exact) mass is 610 g/mol. The summed E-state index contributed by atoms with van der Waals surface area (Å²) in [4.78, 5) is 36.6. The summed E-state index contributed by atoms with van der Waals surface area (Å²) < 4.78 is 11.2. The third-order valence-corrected chi connectivity index (χ3v) is 12.9. The summed E-state index contributed by atoms with van der Waals surface area (Å²) in [6.45, 7) is 6.28. The molecule has 4 aliphatic carbocycles. The molecule has 4 fully saturated rings. The molecular weight excluding hydrogens is 564 g/mol. The van der Waals surface area contributed by atoms with E-state index in [4.69, 9.17) is 9.47 Å². The van der Waals surface area contributed by atoms with Gasteiger partial charge in [-0.25, -0.2) is 4.79 Å². The number of carboxylic acids is 1. The lowest BCUT2D eigenvalue weighted by atomic mass is 9.42. The van der Waals surface area contributed by atoms with Gasteiger partial charge in [0.05, 0.1) is 24.5 Å². The maximum absolute atomic E-state index is 13.1. The van der Waals surface area contributed by atoms with Gasteiger partial charge in [-0.1, -0.05) is 26.0 Å². The molecule has 1 aromatic carbocycles. The van der Waals surface area contributed by atoms with Gasteiger partial charge in [-0.3, -0.25) is 9.59 Å². The molecule has 10 atom stereocenters. The summed E-state index contributed by atoms with van der Waals surface area (Å²) in [6, 6.07) is 4.91. The van der Waals surface area contributed by atoms with E-state index < -0.39 is 35.0 Å². The molecule has 1 aliphatic heterocycles. The number of phenolic OH excluding ortho intramolecular Hbond substituents is 1. The van der Waals surface area contributed by atoms with Crippen molar-refractivity contribution in [1.29, 1.82) is 0 Å². The topological polar surface area (TPSA) is 151 Å². The summed E-state index contributed by atoms with van der Waals surface area (Å²) in [5.74, 6) is -1.81. The Bertz CT molecular complexity index is 1370. The second-order valence-corrected chi connectivity index (χ2v) is 14.8. The molecule has 1 heterocycles. The van der Waals surface area contributed by atoms with Crippen molar-refractivity contribution in [2.45, 2.75) is 109 Å². The SMILES string of the molecule is Cc1cc(C(CC(=O)O)CC(=O)O[C@H]2CC[C@@]3(C)[C@H](CC[C@@H]4[C@@H]3C[C@@H](O)[C@]3(C)[C@@H](C5=CC(=O)OC5)CCC43O)C2)ccc1O. The van der Waals surface area contributed by atoms with Crippen LogP contribution >= 0.6 is 0 Å². The molecule has 240 valence electrons. The number of rotatable bonds is 7. The van der Waals surface area contributed by atoms with Gasteiger partial charge in [-0.2, -0.15) is 0 Å². The van der Waals surface area contributed by atoms with Crippen molar-refractivity contribution in [3.63, 3.8) is 0 Å². The maximum atomic E-state index is 13.1. The van der Waals surface area contributed by atoms with Crippen LogP contribution in [0, 0.1) is 41.4 Å². The Balaban J connectivity index is 1.14. The number of aryl methyl sites for hydroxylation is 1. The van der Waals surface area contributed by atoms with Crippen molar-refractivity contribution >= 4 is 17.9 Å². The van der Waals surface area contributed by atoms with E-state index in [1.165, 1.54) is 6.07 Å². The van der Waals surface area contributed by atoms with Crippen LogP contribution in [0.1, 0.15) is 95.1 Å². The van der Waals surface area contributed by atoms with Gasteiger partial charge in [0.15, 0.2) is 0 Å². The minimum atomic E-state index is -1.03. The van der Waals surface area contributed by atoms with Crippen molar-refractivity contribution < 1.29 is 44.3 Å². The molecule has 4 N–H and O–H groups in total. The summed E-state index contributed by atoms with van der Waals surface area (Å²) in [6.07, 6.45) is 6.21. The average Bonchev–Trinajstić information content (AvgIpc) is 3.51. The number of aromatic hydroxyl groups is 1. The summed E-state index contributed by atoms with van der Waals surface area (Å²) in [7, 11) is 0. The number of aliphatic hydroxyl groups is 2. The third kappa shape index (κ3) is 4.95. The number of hydrogen-bond donors (Lipinski definition) is 4. The zero-order valence-electron chi connectivity index (χ0n) is 26.0. The number of esters is 2. The van der Waals surface area contributed by atoms with Crippen molar-refractivity contribution in [2.75, 3.05) is 6.61 Å². The second kappa shape index (κ2) is 11.2. The lowest BCUT2D eigenvalue weighted by molar-refractivity contribution is -0.245. The highest BCUT2D eigenvalue weighted by Crippen LogP contribution is 2.70. The van der Waals surface area contributed by atoms with E-state index in [0.29, 0.717) is 36.8 Å². The lowest BCUT2D eigenvalue weighted by Crippen LogP contribution is -2.67. The fourth-order valence-electron chi connectivity index (χ4n) is 10.3. The number of carbonyl (C=O) groups excluding carboxylic acids is 2. The Labute approximate surface area is 258 Å². The van der Waals surface area contributed by atoms with E-state index in [-0.39, 0.29) is 66.4 Å². The Morgan fingerprint density at radius 3 is 2.52 bits per heavy atom. The van der Waals surface area contributed by atoms with Gasteiger partial charge >= 0.3 is 17.9 Å². The molecule has 4 saturated carbocycles. The highest BCUT2D eigenvalue weighted by Gasteiger charge is 2.70. The van der Waals surface area contributed by atoms with Crippen LogP contribution in [0.25, 0.3) is 0 Å². The Morgan fingerprint density at radius 2 is 1.84 bits per heavy atom. The Hall–Kier alpha value is -2.91. The van der Waals surface area contributed by atoms with Gasteiger partial charge in [-0.15, -0.1) is 0 Å². The van der Waals surface area contributed by atoms with Crippen molar-refractivity contribution in [3.8, 4) is 5.75 Å². The molecule has 0 bridgehead atoms. The summed E-state index contributed by atoms with van der Waals surface area (Å²) in [5.41, 5.74) is 0.316. The highest BCUT2D eigenvalue weighted by atomic mass is 16.5. The fourth-order valence-corrected chi connectivity index (χ4v) is 10.3. The molecule has 0 spiro atoms. The Kier molecular flexibility index (Phi) is 7.88. The van der Waals surface area contributed by atoms with Crippen LogP contribution in [-0.2, 0) is 23.9 Å².